The number of benzene rings is 2. The van der Waals surface area contributed by atoms with Crippen molar-refractivity contribution in [1.82, 2.24) is 15.0 Å². The molecule has 0 fully saturated rings. The normalized spacial score (nSPS) is 10.8. The summed E-state index contributed by atoms with van der Waals surface area (Å²) in [7, 11) is 0. The summed E-state index contributed by atoms with van der Waals surface area (Å²) >= 11 is 5.18. The third-order valence-electron chi connectivity index (χ3n) is 3.87. The van der Waals surface area contributed by atoms with Crippen LogP contribution >= 0.6 is 12.2 Å². The first kappa shape index (κ1) is 19.1. The fraction of sp³-hybridized carbons (Fsp3) is 0.0526. The summed E-state index contributed by atoms with van der Waals surface area (Å²) in [5.41, 5.74) is 3.53. The highest BCUT2D eigenvalue weighted by atomic mass is 32.1. The topological polar surface area (TPSA) is 112 Å². The van der Waals surface area contributed by atoms with Crippen molar-refractivity contribution in [3.8, 4) is 11.6 Å². The summed E-state index contributed by atoms with van der Waals surface area (Å²) in [6, 6.07) is 15.5. The number of hydrogen-bond donors (Lipinski definition) is 4. The van der Waals surface area contributed by atoms with Gasteiger partial charge in [-0.3, -0.25) is 14.3 Å². The molecule has 0 atom stereocenters. The molecule has 0 radical (unpaired) electrons. The SMILES string of the molecule is Cc1ccccc1-n1c(O)c(C=NNC(=O)Nc2ccccc2)c(=O)[nH]c1=S. The number of nitrogens with one attached hydrogen (secondary N) is 3. The van der Waals surface area contributed by atoms with Crippen molar-refractivity contribution < 1.29 is 9.90 Å². The predicted octanol–water partition coefficient (Wildman–Crippen LogP) is 3.06. The lowest BCUT2D eigenvalue weighted by atomic mass is 10.2. The number of hydrazone groups is 1. The average molecular weight is 395 g/mol. The van der Waals surface area contributed by atoms with Crippen LogP contribution in [0.5, 0.6) is 5.88 Å². The summed E-state index contributed by atoms with van der Waals surface area (Å²) in [6.45, 7) is 1.85. The number of aromatic amines is 1. The quantitative estimate of drug-likeness (QED) is 0.309. The maximum atomic E-state index is 12.2. The number of amides is 2. The van der Waals surface area contributed by atoms with Crippen LogP contribution in [0.15, 0.2) is 64.5 Å². The molecule has 0 aliphatic heterocycles. The van der Waals surface area contributed by atoms with E-state index in [2.05, 4.69) is 20.8 Å². The Morgan fingerprint density at radius 1 is 1.18 bits per heavy atom. The minimum Gasteiger partial charge on any atom is -0.494 e. The van der Waals surface area contributed by atoms with Crippen LogP contribution in [0.1, 0.15) is 11.1 Å². The molecule has 1 heterocycles. The van der Waals surface area contributed by atoms with E-state index in [1.165, 1.54) is 4.57 Å². The van der Waals surface area contributed by atoms with E-state index in [9.17, 15) is 14.7 Å². The Labute approximate surface area is 165 Å². The van der Waals surface area contributed by atoms with Gasteiger partial charge >= 0.3 is 6.03 Å². The van der Waals surface area contributed by atoms with E-state index in [4.69, 9.17) is 12.2 Å². The van der Waals surface area contributed by atoms with Crippen molar-refractivity contribution in [2.45, 2.75) is 6.92 Å². The van der Waals surface area contributed by atoms with E-state index >= 15 is 0 Å². The van der Waals surface area contributed by atoms with Gasteiger partial charge in [0, 0.05) is 5.69 Å². The standard InChI is InChI=1S/C19H17N5O3S/c1-12-7-5-6-10-15(12)24-17(26)14(16(25)22-19(24)28)11-20-23-18(27)21-13-8-3-2-4-9-13/h2-11,26H,1H3,(H2,21,23,27)(H,22,25,28). The summed E-state index contributed by atoms with van der Waals surface area (Å²) in [5, 5.41) is 16.9. The Morgan fingerprint density at radius 3 is 2.57 bits per heavy atom. The van der Waals surface area contributed by atoms with Crippen LogP contribution in [0.25, 0.3) is 5.69 Å². The van der Waals surface area contributed by atoms with Crippen molar-refractivity contribution in [3.05, 3.63) is 80.8 Å². The number of aromatic hydroxyl groups is 1. The molecule has 1 aromatic heterocycles. The number of aryl methyl sites for hydroxylation is 1. The molecule has 8 nitrogen and oxygen atoms in total. The lowest BCUT2D eigenvalue weighted by Crippen LogP contribution is -2.25. The van der Waals surface area contributed by atoms with Crippen LogP contribution < -0.4 is 16.3 Å². The second-order valence-corrected chi connectivity index (χ2v) is 6.20. The molecule has 2 amide bonds. The number of carbonyl (C=O) groups is 1. The Kier molecular flexibility index (Phi) is 5.66. The molecule has 0 saturated heterocycles. The zero-order valence-corrected chi connectivity index (χ0v) is 15.7. The van der Waals surface area contributed by atoms with Gasteiger partial charge in [-0.1, -0.05) is 36.4 Å². The molecule has 0 aliphatic rings. The highest BCUT2D eigenvalue weighted by Crippen LogP contribution is 2.21. The zero-order valence-electron chi connectivity index (χ0n) is 14.8. The van der Waals surface area contributed by atoms with Gasteiger partial charge in [0.2, 0.25) is 5.88 Å². The highest BCUT2D eigenvalue weighted by molar-refractivity contribution is 7.71. The number of H-pyrrole nitrogens is 1. The second-order valence-electron chi connectivity index (χ2n) is 5.81. The van der Waals surface area contributed by atoms with Crippen LogP contribution in [-0.4, -0.2) is 26.9 Å². The Bertz CT molecular complexity index is 1150. The van der Waals surface area contributed by atoms with Gasteiger partial charge in [0.25, 0.3) is 5.56 Å². The molecule has 0 unspecified atom stereocenters. The van der Waals surface area contributed by atoms with Crippen molar-refractivity contribution in [3.63, 3.8) is 0 Å². The Balaban J connectivity index is 1.86. The second kappa shape index (κ2) is 8.31. The molecular weight excluding hydrogens is 378 g/mol. The van der Waals surface area contributed by atoms with Crippen molar-refractivity contribution in [1.29, 1.82) is 0 Å². The van der Waals surface area contributed by atoms with Crippen molar-refractivity contribution >= 4 is 30.2 Å². The van der Waals surface area contributed by atoms with Crippen LogP contribution in [0.4, 0.5) is 10.5 Å². The molecule has 9 heteroatoms. The first-order valence-corrected chi connectivity index (χ1v) is 8.67. The van der Waals surface area contributed by atoms with Gasteiger partial charge in [0.05, 0.1) is 11.9 Å². The third-order valence-corrected chi connectivity index (χ3v) is 4.15. The van der Waals surface area contributed by atoms with E-state index in [1.807, 2.05) is 25.1 Å². The molecule has 3 aromatic rings. The number of aromatic nitrogens is 2. The van der Waals surface area contributed by atoms with Gasteiger partial charge in [0.1, 0.15) is 5.56 Å². The lowest BCUT2D eigenvalue weighted by molar-refractivity contribution is 0.252. The molecule has 2 aromatic carbocycles. The summed E-state index contributed by atoms with van der Waals surface area (Å²) < 4.78 is 1.38. The average Bonchev–Trinajstić information content (AvgIpc) is 2.66. The molecule has 28 heavy (non-hydrogen) atoms. The number of nitrogens with zero attached hydrogens (tertiary/aromatic N) is 2. The summed E-state index contributed by atoms with van der Waals surface area (Å²) in [6.07, 6.45) is 1.06. The molecule has 3 rings (SSSR count). The fourth-order valence-electron chi connectivity index (χ4n) is 2.53. The molecule has 142 valence electrons. The molecular formula is C19H17N5O3S. The van der Waals surface area contributed by atoms with Crippen LogP contribution in [-0.2, 0) is 0 Å². The Morgan fingerprint density at radius 2 is 1.86 bits per heavy atom. The lowest BCUT2D eigenvalue weighted by Gasteiger charge is -2.13. The van der Waals surface area contributed by atoms with Gasteiger partial charge in [-0.2, -0.15) is 5.10 Å². The van der Waals surface area contributed by atoms with Gasteiger partial charge in [0.15, 0.2) is 4.77 Å². The number of carbonyl (C=O) groups excluding carboxylic acids is 1. The maximum Gasteiger partial charge on any atom is 0.339 e. The molecule has 0 aliphatic carbocycles. The van der Waals surface area contributed by atoms with Crippen LogP contribution in [0, 0.1) is 11.7 Å². The van der Waals surface area contributed by atoms with E-state index in [-0.39, 0.29) is 16.2 Å². The minimum atomic E-state index is -0.624. The van der Waals surface area contributed by atoms with Crippen LogP contribution in [0.2, 0.25) is 0 Å². The summed E-state index contributed by atoms with van der Waals surface area (Å²) in [5.74, 6) is -0.378. The van der Waals surface area contributed by atoms with Crippen molar-refractivity contribution in [2.75, 3.05) is 5.32 Å². The van der Waals surface area contributed by atoms with Gasteiger partial charge in [-0.15, -0.1) is 0 Å². The van der Waals surface area contributed by atoms with E-state index in [0.29, 0.717) is 11.4 Å². The maximum absolute atomic E-state index is 12.2. The smallest absolute Gasteiger partial charge is 0.339 e. The van der Waals surface area contributed by atoms with E-state index in [0.717, 1.165) is 11.8 Å². The number of rotatable bonds is 4. The fourth-order valence-corrected chi connectivity index (χ4v) is 2.81. The van der Waals surface area contributed by atoms with Crippen LogP contribution in [0.3, 0.4) is 0 Å². The van der Waals surface area contributed by atoms with Gasteiger partial charge < -0.3 is 10.4 Å². The number of hydrogen-bond acceptors (Lipinski definition) is 5. The number of urea groups is 1. The molecule has 0 bridgehead atoms. The van der Waals surface area contributed by atoms with E-state index in [1.54, 1.807) is 36.4 Å². The first-order valence-electron chi connectivity index (χ1n) is 8.27. The monoisotopic (exact) mass is 395 g/mol. The predicted molar refractivity (Wildman–Crippen MR) is 110 cm³/mol. The van der Waals surface area contributed by atoms with Crippen molar-refractivity contribution in [2.24, 2.45) is 5.10 Å². The molecule has 0 saturated carbocycles. The zero-order chi connectivity index (χ0) is 20.1. The molecule has 4 N–H and O–H groups in total. The number of para-hydroxylation sites is 2. The highest BCUT2D eigenvalue weighted by Gasteiger charge is 2.13. The molecule has 0 spiro atoms. The Hall–Kier alpha value is -3.72. The largest absolute Gasteiger partial charge is 0.494 e. The van der Waals surface area contributed by atoms with Gasteiger partial charge in [-0.25, -0.2) is 10.2 Å². The third kappa shape index (κ3) is 4.15. The number of anilines is 1. The summed E-state index contributed by atoms with van der Waals surface area (Å²) in [4.78, 5) is 26.5. The first-order chi connectivity index (χ1) is 13.5. The van der Waals surface area contributed by atoms with E-state index < -0.39 is 11.6 Å². The van der Waals surface area contributed by atoms with Gasteiger partial charge in [-0.05, 0) is 42.9 Å². The minimum absolute atomic E-state index is 0.0451.